The molecule has 0 radical (unpaired) electrons. The first-order valence-corrected chi connectivity index (χ1v) is 10.0. The van der Waals surface area contributed by atoms with Gasteiger partial charge in [0.05, 0.1) is 5.69 Å². The molecular formula is C23H30FN3O. The van der Waals surface area contributed by atoms with Gasteiger partial charge in [-0.05, 0) is 57.0 Å². The third-order valence-electron chi connectivity index (χ3n) is 5.41. The number of piperazine rings is 1. The van der Waals surface area contributed by atoms with Crippen LogP contribution in [0.1, 0.15) is 33.5 Å². The molecule has 2 aromatic carbocycles. The summed E-state index contributed by atoms with van der Waals surface area (Å²) in [6.45, 7) is 11.1. The van der Waals surface area contributed by atoms with Crippen LogP contribution in [0.2, 0.25) is 0 Å². The molecule has 0 unspecified atom stereocenters. The minimum Gasteiger partial charge on any atom is -0.367 e. The quantitative estimate of drug-likeness (QED) is 0.773. The number of para-hydroxylation sites is 1. The van der Waals surface area contributed by atoms with Crippen molar-refractivity contribution in [2.45, 2.75) is 27.2 Å². The van der Waals surface area contributed by atoms with Crippen LogP contribution in [0.3, 0.4) is 0 Å². The Morgan fingerprint density at radius 1 is 1.04 bits per heavy atom. The van der Waals surface area contributed by atoms with Crippen LogP contribution in [-0.4, -0.2) is 50.1 Å². The molecule has 4 nitrogen and oxygen atoms in total. The Balaban J connectivity index is 1.41. The summed E-state index contributed by atoms with van der Waals surface area (Å²) >= 11 is 0. The number of rotatable bonds is 6. The molecule has 1 heterocycles. The van der Waals surface area contributed by atoms with Crippen LogP contribution in [0.4, 0.5) is 10.1 Å². The molecule has 1 aliphatic rings. The Morgan fingerprint density at radius 3 is 2.32 bits per heavy atom. The third kappa shape index (κ3) is 4.90. The third-order valence-corrected chi connectivity index (χ3v) is 5.41. The summed E-state index contributed by atoms with van der Waals surface area (Å²) in [6, 6.07) is 11.1. The van der Waals surface area contributed by atoms with Gasteiger partial charge in [0.2, 0.25) is 0 Å². The van der Waals surface area contributed by atoms with Gasteiger partial charge in [0, 0.05) is 38.3 Å². The van der Waals surface area contributed by atoms with Crippen LogP contribution >= 0.6 is 0 Å². The van der Waals surface area contributed by atoms with E-state index in [9.17, 15) is 9.18 Å². The van der Waals surface area contributed by atoms with Crippen molar-refractivity contribution in [3.63, 3.8) is 0 Å². The standard InChI is InChI=1S/C23H30FN3O/c1-17-15-18(2)22(19(3)16-17)23(28)25-9-6-10-26-11-13-27(14-12-26)21-8-5-4-7-20(21)24/h4-5,7-8,15-16H,6,9-14H2,1-3H3,(H,25,28). The maximum absolute atomic E-state index is 13.9. The van der Waals surface area contributed by atoms with Crippen molar-refractivity contribution in [3.05, 3.63) is 64.5 Å². The summed E-state index contributed by atoms with van der Waals surface area (Å²) in [5.74, 6) is -0.139. The van der Waals surface area contributed by atoms with Gasteiger partial charge < -0.3 is 10.2 Å². The average Bonchev–Trinajstić information content (AvgIpc) is 2.65. The van der Waals surface area contributed by atoms with E-state index >= 15 is 0 Å². The van der Waals surface area contributed by atoms with E-state index in [1.54, 1.807) is 6.07 Å². The van der Waals surface area contributed by atoms with Crippen LogP contribution in [0.25, 0.3) is 0 Å². The Morgan fingerprint density at radius 2 is 1.68 bits per heavy atom. The van der Waals surface area contributed by atoms with Gasteiger partial charge in [-0.2, -0.15) is 0 Å². The molecule has 0 bridgehead atoms. The fourth-order valence-corrected chi connectivity index (χ4v) is 4.05. The number of benzene rings is 2. The molecule has 1 N–H and O–H groups in total. The molecule has 1 aliphatic heterocycles. The molecule has 3 rings (SSSR count). The summed E-state index contributed by atoms with van der Waals surface area (Å²) in [6.07, 6.45) is 0.912. The topological polar surface area (TPSA) is 35.6 Å². The van der Waals surface area contributed by atoms with Crippen LogP contribution in [-0.2, 0) is 0 Å². The molecule has 0 atom stereocenters. The molecule has 28 heavy (non-hydrogen) atoms. The average molecular weight is 384 g/mol. The van der Waals surface area contributed by atoms with E-state index in [4.69, 9.17) is 0 Å². The zero-order chi connectivity index (χ0) is 20.1. The minimum atomic E-state index is -0.152. The lowest BCUT2D eigenvalue weighted by Gasteiger charge is -2.36. The lowest BCUT2D eigenvalue weighted by Crippen LogP contribution is -2.47. The highest BCUT2D eigenvalue weighted by Gasteiger charge is 2.19. The van der Waals surface area contributed by atoms with E-state index in [1.807, 2.05) is 32.9 Å². The van der Waals surface area contributed by atoms with E-state index in [-0.39, 0.29) is 11.7 Å². The van der Waals surface area contributed by atoms with Crippen molar-refractivity contribution >= 4 is 11.6 Å². The maximum Gasteiger partial charge on any atom is 0.251 e. The second-order valence-corrected chi connectivity index (χ2v) is 7.66. The summed E-state index contributed by atoms with van der Waals surface area (Å²) in [4.78, 5) is 17.0. The molecule has 2 aromatic rings. The van der Waals surface area contributed by atoms with Gasteiger partial charge in [0.1, 0.15) is 5.82 Å². The molecule has 0 saturated carbocycles. The van der Waals surface area contributed by atoms with Gasteiger partial charge in [-0.15, -0.1) is 0 Å². The predicted molar refractivity (Wildman–Crippen MR) is 113 cm³/mol. The van der Waals surface area contributed by atoms with Gasteiger partial charge in [-0.1, -0.05) is 29.8 Å². The SMILES string of the molecule is Cc1cc(C)c(C(=O)NCCCN2CCN(c3ccccc3F)CC2)c(C)c1. The number of hydrogen-bond acceptors (Lipinski definition) is 3. The number of anilines is 1. The summed E-state index contributed by atoms with van der Waals surface area (Å²) in [7, 11) is 0. The molecule has 0 aliphatic carbocycles. The molecule has 0 spiro atoms. The van der Waals surface area contributed by atoms with Crippen molar-refractivity contribution in [2.75, 3.05) is 44.2 Å². The molecule has 1 fully saturated rings. The van der Waals surface area contributed by atoms with E-state index in [1.165, 1.54) is 11.6 Å². The fraction of sp³-hybridized carbons (Fsp3) is 0.435. The monoisotopic (exact) mass is 383 g/mol. The van der Waals surface area contributed by atoms with Gasteiger partial charge in [-0.3, -0.25) is 9.69 Å². The Bertz CT molecular complexity index is 805. The zero-order valence-corrected chi connectivity index (χ0v) is 17.1. The van der Waals surface area contributed by atoms with Crippen molar-refractivity contribution in [1.29, 1.82) is 0 Å². The van der Waals surface area contributed by atoms with E-state index in [0.29, 0.717) is 12.2 Å². The number of amides is 1. The number of halogens is 1. The summed E-state index contributed by atoms with van der Waals surface area (Å²) in [5.41, 5.74) is 4.72. The van der Waals surface area contributed by atoms with Crippen LogP contribution in [0, 0.1) is 26.6 Å². The second-order valence-electron chi connectivity index (χ2n) is 7.66. The largest absolute Gasteiger partial charge is 0.367 e. The number of nitrogens with one attached hydrogen (secondary N) is 1. The normalized spacial score (nSPS) is 14.9. The minimum absolute atomic E-state index is 0.0133. The van der Waals surface area contributed by atoms with Gasteiger partial charge in [0.15, 0.2) is 0 Å². The van der Waals surface area contributed by atoms with E-state index < -0.39 is 0 Å². The van der Waals surface area contributed by atoms with Crippen molar-refractivity contribution in [1.82, 2.24) is 10.2 Å². The molecule has 150 valence electrons. The van der Waals surface area contributed by atoms with Gasteiger partial charge in [0.25, 0.3) is 5.91 Å². The van der Waals surface area contributed by atoms with Crippen LogP contribution < -0.4 is 10.2 Å². The van der Waals surface area contributed by atoms with Crippen molar-refractivity contribution in [3.8, 4) is 0 Å². The number of hydrogen-bond donors (Lipinski definition) is 1. The first-order chi connectivity index (χ1) is 13.5. The van der Waals surface area contributed by atoms with E-state index in [2.05, 4.69) is 27.2 Å². The lowest BCUT2D eigenvalue weighted by atomic mass is 9.99. The first kappa shape index (κ1) is 20.3. The zero-order valence-electron chi connectivity index (χ0n) is 17.1. The molecule has 1 saturated heterocycles. The molecule has 1 amide bonds. The highest BCUT2D eigenvalue weighted by atomic mass is 19.1. The summed E-state index contributed by atoms with van der Waals surface area (Å²) < 4.78 is 13.9. The molecular weight excluding hydrogens is 353 g/mol. The van der Waals surface area contributed by atoms with Gasteiger partial charge in [-0.25, -0.2) is 4.39 Å². The number of aryl methyl sites for hydroxylation is 3. The van der Waals surface area contributed by atoms with Crippen LogP contribution in [0.15, 0.2) is 36.4 Å². The lowest BCUT2D eigenvalue weighted by molar-refractivity contribution is 0.0950. The fourth-order valence-electron chi connectivity index (χ4n) is 4.05. The van der Waals surface area contributed by atoms with Gasteiger partial charge >= 0.3 is 0 Å². The molecule has 0 aromatic heterocycles. The molecule has 5 heteroatoms. The second kappa shape index (κ2) is 9.20. The van der Waals surface area contributed by atoms with Crippen LogP contribution in [0.5, 0.6) is 0 Å². The number of carbonyl (C=O) groups is 1. The highest BCUT2D eigenvalue weighted by molar-refractivity contribution is 5.97. The smallest absolute Gasteiger partial charge is 0.251 e. The Hall–Kier alpha value is -2.40. The van der Waals surface area contributed by atoms with Crippen molar-refractivity contribution < 1.29 is 9.18 Å². The highest BCUT2D eigenvalue weighted by Crippen LogP contribution is 2.20. The predicted octanol–water partition coefficient (Wildman–Crippen LogP) is 3.69. The number of carbonyl (C=O) groups excluding carboxylic acids is 1. The maximum atomic E-state index is 13.9. The van der Waals surface area contributed by atoms with E-state index in [0.717, 1.165) is 55.8 Å². The summed E-state index contributed by atoms with van der Waals surface area (Å²) in [5, 5.41) is 3.06. The number of nitrogens with zero attached hydrogens (tertiary/aromatic N) is 2. The Kier molecular flexibility index (Phi) is 6.68. The first-order valence-electron chi connectivity index (χ1n) is 10.0. The van der Waals surface area contributed by atoms with Crippen molar-refractivity contribution in [2.24, 2.45) is 0 Å². The Labute approximate surface area is 167 Å².